The van der Waals surface area contributed by atoms with Crippen LogP contribution in [0.1, 0.15) is 6.92 Å². The monoisotopic (exact) mass is 274 g/mol. The maximum atomic E-state index is 9.29. The van der Waals surface area contributed by atoms with E-state index in [1.54, 1.807) is 6.92 Å². The van der Waals surface area contributed by atoms with E-state index in [4.69, 9.17) is 9.84 Å². The standard InChI is InChI=1S/C6H11IO4/c1-2-4(8)5(9)3(7)6(10)11-2/h2-6,8-10H,1H3/t2-,3+,4-,5-,6-/m1/s1. The highest BCUT2D eigenvalue weighted by Gasteiger charge is 2.40. The van der Waals surface area contributed by atoms with Crippen LogP contribution in [0.25, 0.3) is 0 Å². The Labute approximate surface area is 78.3 Å². The first-order chi connectivity index (χ1) is 5.04. The van der Waals surface area contributed by atoms with Crippen molar-refractivity contribution in [2.45, 2.75) is 35.5 Å². The number of hydrogen-bond acceptors (Lipinski definition) is 4. The minimum Gasteiger partial charge on any atom is -0.389 e. The smallest absolute Gasteiger partial charge is 0.169 e. The van der Waals surface area contributed by atoms with Gasteiger partial charge in [-0.1, -0.05) is 22.6 Å². The molecule has 11 heavy (non-hydrogen) atoms. The SMILES string of the molecule is C[C@H]1O[C@@H](O)[C@@H](I)[C@@H](O)[C@@H]1O. The molecule has 0 aromatic carbocycles. The summed E-state index contributed by atoms with van der Waals surface area (Å²) in [7, 11) is 0. The van der Waals surface area contributed by atoms with Gasteiger partial charge in [0.05, 0.1) is 16.1 Å². The van der Waals surface area contributed by atoms with Gasteiger partial charge in [-0.15, -0.1) is 0 Å². The predicted molar refractivity (Wildman–Crippen MR) is 46.4 cm³/mol. The summed E-state index contributed by atoms with van der Waals surface area (Å²) in [4.78, 5) is 0. The minimum atomic E-state index is -0.982. The number of aliphatic hydroxyl groups excluding tert-OH is 3. The molecule has 0 spiro atoms. The van der Waals surface area contributed by atoms with E-state index in [0.717, 1.165) is 0 Å². The molecule has 0 radical (unpaired) electrons. The van der Waals surface area contributed by atoms with E-state index in [9.17, 15) is 10.2 Å². The highest BCUT2D eigenvalue weighted by molar-refractivity contribution is 14.1. The van der Waals surface area contributed by atoms with Crippen LogP contribution in [0.3, 0.4) is 0 Å². The molecule has 1 aliphatic heterocycles. The number of alkyl halides is 1. The van der Waals surface area contributed by atoms with Crippen molar-refractivity contribution in [3.8, 4) is 0 Å². The molecular formula is C6H11IO4. The molecule has 3 N–H and O–H groups in total. The summed E-state index contributed by atoms with van der Waals surface area (Å²) < 4.78 is 4.46. The molecule has 1 rings (SSSR count). The average Bonchev–Trinajstić information content (AvgIpc) is 1.97. The van der Waals surface area contributed by atoms with Gasteiger partial charge in [-0.05, 0) is 6.92 Å². The number of rotatable bonds is 0. The van der Waals surface area contributed by atoms with Crippen LogP contribution in [0.15, 0.2) is 0 Å². The van der Waals surface area contributed by atoms with Gasteiger partial charge >= 0.3 is 0 Å². The lowest BCUT2D eigenvalue weighted by Crippen LogP contribution is -2.54. The van der Waals surface area contributed by atoms with Crippen molar-refractivity contribution in [3.63, 3.8) is 0 Å². The summed E-state index contributed by atoms with van der Waals surface area (Å²) in [6, 6.07) is 0. The summed E-state index contributed by atoms with van der Waals surface area (Å²) in [5.74, 6) is 0. The van der Waals surface area contributed by atoms with E-state index >= 15 is 0 Å². The second-order valence-electron chi connectivity index (χ2n) is 2.66. The average molecular weight is 274 g/mol. The third-order valence-electron chi connectivity index (χ3n) is 1.78. The van der Waals surface area contributed by atoms with Crippen molar-refractivity contribution >= 4 is 22.6 Å². The fourth-order valence-electron chi connectivity index (χ4n) is 1.01. The fraction of sp³-hybridized carbons (Fsp3) is 1.00. The maximum absolute atomic E-state index is 9.29. The zero-order valence-corrected chi connectivity index (χ0v) is 8.17. The van der Waals surface area contributed by atoms with Crippen LogP contribution >= 0.6 is 22.6 Å². The van der Waals surface area contributed by atoms with Crippen molar-refractivity contribution in [2.75, 3.05) is 0 Å². The van der Waals surface area contributed by atoms with E-state index in [0.29, 0.717) is 0 Å². The van der Waals surface area contributed by atoms with Gasteiger partial charge in [0.1, 0.15) is 6.10 Å². The lowest BCUT2D eigenvalue weighted by molar-refractivity contribution is -0.218. The molecule has 0 saturated carbocycles. The summed E-state index contributed by atoms with van der Waals surface area (Å²) in [5, 5.41) is 27.7. The molecule has 0 bridgehead atoms. The zero-order valence-electron chi connectivity index (χ0n) is 6.01. The summed E-state index contributed by atoms with van der Waals surface area (Å²) in [6.07, 6.45) is -3.30. The lowest BCUT2D eigenvalue weighted by Gasteiger charge is -2.36. The Hall–Kier alpha value is 0.570. The Morgan fingerprint density at radius 3 is 2.27 bits per heavy atom. The first-order valence-corrected chi connectivity index (χ1v) is 4.62. The van der Waals surface area contributed by atoms with E-state index in [2.05, 4.69) is 0 Å². The molecule has 1 saturated heterocycles. The number of hydrogen-bond donors (Lipinski definition) is 3. The molecule has 0 unspecified atom stereocenters. The Bertz CT molecular complexity index is 129. The molecular weight excluding hydrogens is 263 g/mol. The van der Waals surface area contributed by atoms with Crippen LogP contribution in [0.5, 0.6) is 0 Å². The minimum absolute atomic E-state index is 0.459. The normalized spacial score (nSPS) is 52.6. The third kappa shape index (κ3) is 1.83. The van der Waals surface area contributed by atoms with Gasteiger partial charge in [-0.3, -0.25) is 0 Å². The largest absolute Gasteiger partial charge is 0.389 e. The molecule has 1 fully saturated rings. The van der Waals surface area contributed by atoms with E-state index in [1.165, 1.54) is 0 Å². The highest BCUT2D eigenvalue weighted by Crippen LogP contribution is 2.24. The summed E-state index contributed by atoms with van der Waals surface area (Å²) >= 11 is 1.85. The van der Waals surface area contributed by atoms with Crippen molar-refractivity contribution in [2.24, 2.45) is 0 Å². The predicted octanol–water partition coefficient (Wildman–Crippen LogP) is -0.751. The lowest BCUT2D eigenvalue weighted by atomic mass is 10.0. The second-order valence-corrected chi connectivity index (χ2v) is 4.10. The van der Waals surface area contributed by atoms with E-state index in [1.807, 2.05) is 22.6 Å². The Morgan fingerprint density at radius 2 is 1.73 bits per heavy atom. The van der Waals surface area contributed by atoms with Gasteiger partial charge in [0.15, 0.2) is 6.29 Å². The molecule has 5 atom stereocenters. The molecule has 0 aromatic heterocycles. The van der Waals surface area contributed by atoms with Gasteiger partial charge in [0.25, 0.3) is 0 Å². The number of aliphatic hydroxyl groups is 3. The molecule has 0 amide bonds. The summed E-state index contributed by atoms with van der Waals surface area (Å²) in [6.45, 7) is 1.61. The van der Waals surface area contributed by atoms with Gasteiger partial charge in [-0.25, -0.2) is 0 Å². The second kappa shape index (κ2) is 3.53. The van der Waals surface area contributed by atoms with Crippen LogP contribution in [-0.4, -0.2) is 43.8 Å². The fourth-order valence-corrected chi connectivity index (χ4v) is 1.61. The summed E-state index contributed by atoms with van der Waals surface area (Å²) in [5.41, 5.74) is 0. The Morgan fingerprint density at radius 1 is 1.18 bits per heavy atom. The molecule has 1 aliphatic rings. The van der Waals surface area contributed by atoms with Gasteiger partial charge in [-0.2, -0.15) is 0 Å². The van der Waals surface area contributed by atoms with Crippen molar-refractivity contribution < 1.29 is 20.1 Å². The highest BCUT2D eigenvalue weighted by atomic mass is 127. The van der Waals surface area contributed by atoms with E-state index < -0.39 is 28.5 Å². The van der Waals surface area contributed by atoms with Crippen molar-refractivity contribution in [1.82, 2.24) is 0 Å². The number of ether oxygens (including phenoxy) is 1. The molecule has 5 heteroatoms. The van der Waals surface area contributed by atoms with Crippen LogP contribution in [-0.2, 0) is 4.74 Å². The van der Waals surface area contributed by atoms with Crippen molar-refractivity contribution in [1.29, 1.82) is 0 Å². The first-order valence-electron chi connectivity index (χ1n) is 3.37. The van der Waals surface area contributed by atoms with Crippen LogP contribution in [0, 0.1) is 0 Å². The Balaban J connectivity index is 2.63. The van der Waals surface area contributed by atoms with Crippen molar-refractivity contribution in [3.05, 3.63) is 0 Å². The zero-order chi connectivity index (χ0) is 8.59. The topological polar surface area (TPSA) is 69.9 Å². The van der Waals surface area contributed by atoms with Crippen LogP contribution in [0.2, 0.25) is 0 Å². The van der Waals surface area contributed by atoms with E-state index in [-0.39, 0.29) is 0 Å². The molecule has 4 nitrogen and oxygen atoms in total. The van der Waals surface area contributed by atoms with Crippen LogP contribution < -0.4 is 0 Å². The molecule has 0 aromatic rings. The first kappa shape index (κ1) is 9.66. The molecule has 1 heterocycles. The Kier molecular flexibility index (Phi) is 3.10. The quantitative estimate of drug-likeness (QED) is 0.401. The molecule has 0 aliphatic carbocycles. The third-order valence-corrected chi connectivity index (χ3v) is 3.14. The van der Waals surface area contributed by atoms with Gasteiger partial charge < -0.3 is 20.1 Å². The van der Waals surface area contributed by atoms with Gasteiger partial charge in [0.2, 0.25) is 0 Å². The van der Waals surface area contributed by atoms with Gasteiger partial charge in [0, 0.05) is 0 Å². The number of halogens is 1. The molecule has 66 valence electrons. The van der Waals surface area contributed by atoms with Crippen LogP contribution in [0.4, 0.5) is 0 Å². The maximum Gasteiger partial charge on any atom is 0.169 e.